The van der Waals surface area contributed by atoms with Crippen LogP contribution in [-0.2, 0) is 0 Å². The van der Waals surface area contributed by atoms with Crippen LogP contribution < -0.4 is 16.4 Å². The monoisotopic (exact) mass is 214 g/mol. The fourth-order valence-electron chi connectivity index (χ4n) is 2.08. The van der Waals surface area contributed by atoms with E-state index in [-0.39, 0.29) is 0 Å². The highest BCUT2D eigenvalue weighted by molar-refractivity contribution is 4.83. The smallest absolute Gasteiger partial charge is 0.0218 e. The van der Waals surface area contributed by atoms with E-state index in [1.54, 1.807) is 0 Å². The van der Waals surface area contributed by atoms with Crippen LogP contribution in [0.15, 0.2) is 0 Å². The molecular formula is C11H26N4. The third kappa shape index (κ3) is 4.47. The first-order valence-electron chi connectivity index (χ1n) is 6.14. The van der Waals surface area contributed by atoms with Crippen LogP contribution in [0.4, 0.5) is 0 Å². The largest absolute Gasteiger partial charge is 0.329 e. The number of hydrogen-bond donors (Lipinski definition) is 3. The summed E-state index contributed by atoms with van der Waals surface area (Å²) in [6.07, 6.45) is 1.22. The van der Waals surface area contributed by atoms with E-state index in [0.717, 1.165) is 26.2 Å². The summed E-state index contributed by atoms with van der Waals surface area (Å²) in [6.45, 7) is 10.8. The van der Waals surface area contributed by atoms with Crippen LogP contribution in [0.5, 0.6) is 0 Å². The van der Waals surface area contributed by atoms with Crippen molar-refractivity contribution in [3.63, 3.8) is 0 Å². The molecule has 4 nitrogen and oxygen atoms in total. The van der Waals surface area contributed by atoms with E-state index in [0.29, 0.717) is 12.1 Å². The van der Waals surface area contributed by atoms with Gasteiger partial charge in [0.25, 0.3) is 0 Å². The zero-order chi connectivity index (χ0) is 11.1. The molecule has 4 heteroatoms. The minimum atomic E-state index is 0.621. The Bertz CT molecular complexity index is 163. The molecule has 1 fully saturated rings. The maximum Gasteiger partial charge on any atom is 0.0218 e. The molecule has 15 heavy (non-hydrogen) atoms. The summed E-state index contributed by atoms with van der Waals surface area (Å²) in [5.74, 6) is 0. The summed E-state index contributed by atoms with van der Waals surface area (Å²) >= 11 is 0. The highest BCUT2D eigenvalue weighted by Gasteiger charge is 2.23. The van der Waals surface area contributed by atoms with Gasteiger partial charge in [0.05, 0.1) is 0 Å². The van der Waals surface area contributed by atoms with Gasteiger partial charge < -0.3 is 16.4 Å². The van der Waals surface area contributed by atoms with Gasteiger partial charge in [0.15, 0.2) is 0 Å². The molecule has 90 valence electrons. The molecule has 0 radical (unpaired) electrons. The average molecular weight is 214 g/mol. The van der Waals surface area contributed by atoms with E-state index >= 15 is 0 Å². The Balaban J connectivity index is 2.09. The second kappa shape index (κ2) is 7.17. The molecule has 1 rings (SSSR count). The van der Waals surface area contributed by atoms with Crippen molar-refractivity contribution in [2.24, 2.45) is 5.73 Å². The predicted molar refractivity (Wildman–Crippen MR) is 65.0 cm³/mol. The van der Waals surface area contributed by atoms with Gasteiger partial charge >= 0.3 is 0 Å². The summed E-state index contributed by atoms with van der Waals surface area (Å²) in [4.78, 5) is 2.57. The van der Waals surface area contributed by atoms with Gasteiger partial charge in [-0.05, 0) is 33.4 Å². The lowest BCUT2D eigenvalue weighted by atomic mass is 10.1. The van der Waals surface area contributed by atoms with Gasteiger partial charge in [-0.25, -0.2) is 0 Å². The van der Waals surface area contributed by atoms with Crippen molar-refractivity contribution in [1.82, 2.24) is 15.5 Å². The van der Waals surface area contributed by atoms with E-state index in [9.17, 15) is 0 Å². The number of rotatable bonds is 6. The molecule has 1 heterocycles. The normalized spacial score (nSPS) is 28.2. The summed E-state index contributed by atoms with van der Waals surface area (Å²) in [5.41, 5.74) is 5.41. The van der Waals surface area contributed by atoms with Crippen molar-refractivity contribution in [2.45, 2.75) is 32.4 Å². The van der Waals surface area contributed by atoms with Crippen LogP contribution in [0.3, 0.4) is 0 Å². The number of piperazine rings is 1. The van der Waals surface area contributed by atoms with Gasteiger partial charge in [-0.15, -0.1) is 0 Å². The van der Waals surface area contributed by atoms with Crippen LogP contribution in [-0.4, -0.2) is 56.3 Å². The maximum absolute atomic E-state index is 5.41. The fourth-order valence-corrected chi connectivity index (χ4v) is 2.08. The van der Waals surface area contributed by atoms with Crippen LogP contribution in [0, 0.1) is 0 Å². The molecule has 1 aliphatic heterocycles. The minimum Gasteiger partial charge on any atom is -0.329 e. The number of nitrogens with zero attached hydrogens (tertiary/aromatic N) is 1. The molecule has 1 aliphatic rings. The molecule has 4 N–H and O–H groups in total. The summed E-state index contributed by atoms with van der Waals surface area (Å²) in [5, 5.41) is 6.83. The Morgan fingerprint density at radius 3 is 2.93 bits per heavy atom. The number of nitrogens with one attached hydrogen (secondary N) is 2. The van der Waals surface area contributed by atoms with Crippen LogP contribution in [0.25, 0.3) is 0 Å². The van der Waals surface area contributed by atoms with Gasteiger partial charge in [0, 0.05) is 38.3 Å². The Morgan fingerprint density at radius 2 is 2.20 bits per heavy atom. The van der Waals surface area contributed by atoms with Crippen molar-refractivity contribution < 1.29 is 0 Å². The van der Waals surface area contributed by atoms with Gasteiger partial charge in [-0.3, -0.25) is 4.90 Å². The molecule has 0 amide bonds. The molecule has 2 unspecified atom stereocenters. The molecule has 0 aromatic heterocycles. The molecule has 0 bridgehead atoms. The molecule has 2 atom stereocenters. The highest BCUT2D eigenvalue weighted by Crippen LogP contribution is 2.08. The molecule has 0 aromatic rings. The first-order valence-corrected chi connectivity index (χ1v) is 6.14. The van der Waals surface area contributed by atoms with Crippen molar-refractivity contribution in [3.05, 3.63) is 0 Å². The first-order chi connectivity index (χ1) is 7.25. The summed E-state index contributed by atoms with van der Waals surface area (Å²) < 4.78 is 0. The minimum absolute atomic E-state index is 0.621. The van der Waals surface area contributed by atoms with E-state index in [4.69, 9.17) is 5.73 Å². The maximum atomic E-state index is 5.41. The van der Waals surface area contributed by atoms with E-state index in [1.807, 2.05) is 0 Å². The lowest BCUT2D eigenvalue weighted by Gasteiger charge is -2.38. The lowest BCUT2D eigenvalue weighted by molar-refractivity contribution is 0.137. The third-order valence-corrected chi connectivity index (χ3v) is 3.28. The molecule has 0 saturated carbocycles. The lowest BCUT2D eigenvalue weighted by Crippen LogP contribution is -2.55. The quantitative estimate of drug-likeness (QED) is 0.527. The first kappa shape index (κ1) is 12.9. The van der Waals surface area contributed by atoms with Crippen LogP contribution >= 0.6 is 0 Å². The van der Waals surface area contributed by atoms with Crippen molar-refractivity contribution in [3.8, 4) is 0 Å². The molecule has 0 aliphatic carbocycles. The summed E-state index contributed by atoms with van der Waals surface area (Å²) in [6, 6.07) is 1.28. The van der Waals surface area contributed by atoms with Crippen LogP contribution in [0.1, 0.15) is 20.3 Å². The number of nitrogens with two attached hydrogens (primary N) is 1. The number of hydrogen-bond acceptors (Lipinski definition) is 4. The third-order valence-electron chi connectivity index (χ3n) is 3.28. The predicted octanol–water partition coefficient (Wildman–Crippen LogP) is -0.393. The zero-order valence-electron chi connectivity index (χ0n) is 10.1. The fraction of sp³-hybridized carbons (Fsp3) is 1.00. The summed E-state index contributed by atoms with van der Waals surface area (Å²) in [7, 11) is 0. The molecule has 0 aromatic carbocycles. The van der Waals surface area contributed by atoms with Crippen molar-refractivity contribution >= 4 is 0 Å². The molecule has 1 saturated heterocycles. The Morgan fingerprint density at radius 1 is 1.40 bits per heavy atom. The SMILES string of the molecule is CC1NCCN(CCCNCCN)C1C. The van der Waals surface area contributed by atoms with E-state index in [2.05, 4.69) is 29.4 Å². The van der Waals surface area contributed by atoms with Crippen LogP contribution in [0.2, 0.25) is 0 Å². The Kier molecular flexibility index (Phi) is 6.17. The van der Waals surface area contributed by atoms with Crippen molar-refractivity contribution in [2.75, 3.05) is 39.3 Å². The Labute approximate surface area is 93.6 Å². The van der Waals surface area contributed by atoms with E-state index < -0.39 is 0 Å². The molecule has 0 spiro atoms. The van der Waals surface area contributed by atoms with E-state index in [1.165, 1.54) is 19.5 Å². The van der Waals surface area contributed by atoms with Gasteiger partial charge in [0.2, 0.25) is 0 Å². The second-order valence-corrected chi connectivity index (χ2v) is 4.41. The van der Waals surface area contributed by atoms with Gasteiger partial charge in [-0.1, -0.05) is 0 Å². The molecular weight excluding hydrogens is 188 g/mol. The second-order valence-electron chi connectivity index (χ2n) is 4.41. The van der Waals surface area contributed by atoms with Gasteiger partial charge in [0.1, 0.15) is 0 Å². The Hall–Kier alpha value is -0.160. The average Bonchev–Trinajstić information content (AvgIpc) is 2.24. The van der Waals surface area contributed by atoms with Gasteiger partial charge in [-0.2, -0.15) is 0 Å². The topological polar surface area (TPSA) is 53.3 Å². The zero-order valence-corrected chi connectivity index (χ0v) is 10.1. The highest BCUT2D eigenvalue weighted by atomic mass is 15.2. The standard InChI is InChI=1S/C11H26N4/c1-10-11(2)15(9-7-14-10)8-3-5-13-6-4-12/h10-11,13-14H,3-9,12H2,1-2H3. The van der Waals surface area contributed by atoms with Crippen molar-refractivity contribution in [1.29, 1.82) is 0 Å².